The fourth-order valence-corrected chi connectivity index (χ4v) is 0.331. The molecule has 0 atom stereocenters. The van der Waals surface area contributed by atoms with Crippen LogP contribution in [0.15, 0.2) is 24.4 Å². The van der Waals surface area contributed by atoms with Gasteiger partial charge in [0.15, 0.2) is 6.20 Å². The molecule has 0 radical (unpaired) electrons. The topological polar surface area (TPSA) is 3.01 Å². The summed E-state index contributed by atoms with van der Waals surface area (Å²) in [5.74, 6) is 0. The molecule has 0 aliphatic heterocycles. The van der Waals surface area contributed by atoms with Crippen molar-refractivity contribution in [2.24, 2.45) is 0 Å². The van der Waals surface area contributed by atoms with Crippen molar-refractivity contribution in [3.63, 3.8) is 0 Å². The van der Waals surface area contributed by atoms with Crippen molar-refractivity contribution in [1.82, 2.24) is 0 Å². The molecule has 0 aromatic carbocycles. The van der Waals surface area contributed by atoms with Gasteiger partial charge in [0, 0.05) is 13.0 Å². The summed E-state index contributed by atoms with van der Waals surface area (Å²) in [5.41, 5.74) is 1.07. The van der Waals surface area contributed by atoms with E-state index in [1.165, 1.54) is 0 Å². The highest BCUT2D eigenvalue weighted by molar-refractivity contribution is 5.47. The van der Waals surface area contributed by atoms with Crippen LogP contribution in [0.1, 0.15) is 13.8 Å². The molecule has 0 saturated carbocycles. The van der Waals surface area contributed by atoms with Gasteiger partial charge in [0.05, 0.1) is 0 Å². The maximum absolute atomic E-state index is 3.73. The van der Waals surface area contributed by atoms with E-state index in [-0.39, 0.29) is 0 Å². The molecule has 0 fully saturated rings. The molecule has 0 amide bonds. The predicted molar refractivity (Wildman–Crippen MR) is 41.9 cm³/mol. The van der Waals surface area contributed by atoms with Crippen molar-refractivity contribution in [3.05, 3.63) is 24.4 Å². The molecule has 0 aliphatic carbocycles. The summed E-state index contributed by atoms with van der Waals surface area (Å²) >= 11 is 0. The van der Waals surface area contributed by atoms with Gasteiger partial charge >= 0.3 is 0 Å². The van der Waals surface area contributed by atoms with Gasteiger partial charge in [0.2, 0.25) is 0 Å². The Morgan fingerprint density at radius 2 is 2.11 bits per heavy atom. The van der Waals surface area contributed by atoms with Crippen LogP contribution in [0.3, 0.4) is 0 Å². The first-order chi connectivity index (χ1) is 4.16. The largest absolute Gasteiger partial charge is 0.212 e. The molecule has 0 unspecified atom stereocenters. The maximum Gasteiger partial charge on any atom is 0.168 e. The van der Waals surface area contributed by atoms with Crippen molar-refractivity contribution in [3.8, 4) is 0 Å². The zero-order valence-electron chi connectivity index (χ0n) is 6.39. The summed E-state index contributed by atoms with van der Waals surface area (Å²) < 4.78 is 1.98. The average Bonchev–Trinajstić information content (AvgIpc) is 1.83. The third-order valence-electron chi connectivity index (χ3n) is 1.00. The molecule has 0 aromatic rings. The van der Waals surface area contributed by atoms with Crippen LogP contribution >= 0.6 is 0 Å². The van der Waals surface area contributed by atoms with Crippen LogP contribution in [-0.4, -0.2) is 17.8 Å². The molecule has 9 heavy (non-hydrogen) atoms. The number of allylic oxidation sites excluding steroid dienone is 2. The van der Waals surface area contributed by atoms with Crippen LogP contribution in [0.4, 0.5) is 0 Å². The molecule has 0 saturated heterocycles. The normalized spacial score (nSPS) is 12.6. The number of hydrogen-bond donors (Lipinski definition) is 0. The molecule has 0 rings (SSSR count). The molecule has 0 N–H and O–H groups in total. The minimum atomic E-state index is 1.07. The van der Waals surface area contributed by atoms with E-state index in [0.717, 1.165) is 5.57 Å². The first-order valence-corrected chi connectivity index (χ1v) is 3.02. The van der Waals surface area contributed by atoms with Gasteiger partial charge < -0.3 is 0 Å². The smallest absolute Gasteiger partial charge is 0.168 e. The van der Waals surface area contributed by atoms with Crippen LogP contribution in [0, 0.1) is 0 Å². The van der Waals surface area contributed by atoms with E-state index >= 15 is 0 Å². The molecule has 1 nitrogen and oxygen atoms in total. The van der Waals surface area contributed by atoms with E-state index in [9.17, 15) is 0 Å². The highest BCUT2D eigenvalue weighted by Gasteiger charge is 1.81. The lowest BCUT2D eigenvalue weighted by Crippen LogP contribution is -1.93. The van der Waals surface area contributed by atoms with E-state index in [1.807, 2.05) is 44.0 Å². The maximum atomic E-state index is 3.73. The summed E-state index contributed by atoms with van der Waals surface area (Å²) in [7, 11) is 1.99. The van der Waals surface area contributed by atoms with Gasteiger partial charge in [-0.3, -0.25) is 0 Å². The van der Waals surface area contributed by atoms with Crippen LogP contribution in [0.25, 0.3) is 0 Å². The lowest BCUT2D eigenvalue weighted by Gasteiger charge is -1.83. The van der Waals surface area contributed by atoms with Gasteiger partial charge in [0.25, 0.3) is 0 Å². The minimum absolute atomic E-state index is 1.07. The lowest BCUT2D eigenvalue weighted by atomic mass is 10.3. The summed E-state index contributed by atoms with van der Waals surface area (Å²) in [6.07, 6.45) is 5.93. The zero-order chi connectivity index (χ0) is 7.28. The van der Waals surface area contributed by atoms with Crippen LogP contribution in [0.2, 0.25) is 0 Å². The van der Waals surface area contributed by atoms with E-state index in [0.29, 0.717) is 0 Å². The second-order valence-corrected chi connectivity index (χ2v) is 2.09. The Hall–Kier alpha value is -0.850. The van der Waals surface area contributed by atoms with Crippen LogP contribution in [-0.2, 0) is 0 Å². The Balaban J connectivity index is 3.86. The third kappa shape index (κ3) is 5.01. The van der Waals surface area contributed by atoms with Crippen LogP contribution in [0.5, 0.6) is 0 Å². The van der Waals surface area contributed by atoms with E-state index in [4.69, 9.17) is 0 Å². The monoisotopic (exact) mass is 124 g/mol. The average molecular weight is 124 g/mol. The summed E-state index contributed by atoms with van der Waals surface area (Å²) in [5, 5.41) is 0. The SMILES string of the molecule is C=C(C)/C=C\[N+](C)=C/C. The van der Waals surface area contributed by atoms with Gasteiger partial charge in [-0.05, 0) is 6.92 Å². The van der Waals surface area contributed by atoms with Crippen molar-refractivity contribution in [1.29, 1.82) is 0 Å². The van der Waals surface area contributed by atoms with Crippen LogP contribution < -0.4 is 0 Å². The zero-order valence-corrected chi connectivity index (χ0v) is 6.39. The van der Waals surface area contributed by atoms with Crippen molar-refractivity contribution in [2.45, 2.75) is 13.8 Å². The van der Waals surface area contributed by atoms with Gasteiger partial charge in [-0.1, -0.05) is 12.2 Å². The van der Waals surface area contributed by atoms with Gasteiger partial charge in [-0.2, -0.15) is 0 Å². The fourth-order valence-electron chi connectivity index (χ4n) is 0.331. The Bertz CT molecular complexity index is 152. The van der Waals surface area contributed by atoms with Gasteiger partial charge in [-0.25, -0.2) is 4.58 Å². The summed E-state index contributed by atoms with van der Waals surface area (Å²) in [6, 6.07) is 0. The van der Waals surface area contributed by atoms with E-state index < -0.39 is 0 Å². The Morgan fingerprint density at radius 1 is 1.56 bits per heavy atom. The number of rotatable bonds is 2. The summed E-state index contributed by atoms with van der Waals surface area (Å²) in [6.45, 7) is 7.70. The second kappa shape index (κ2) is 4.07. The Labute approximate surface area is 57.0 Å². The number of hydrogen-bond acceptors (Lipinski definition) is 0. The molecular formula is C8H14N+. The number of nitrogens with zero attached hydrogens (tertiary/aromatic N) is 1. The highest BCUT2D eigenvalue weighted by atomic mass is 14.9. The van der Waals surface area contributed by atoms with Gasteiger partial charge in [-0.15, -0.1) is 0 Å². The quantitative estimate of drug-likeness (QED) is 0.300. The third-order valence-corrected chi connectivity index (χ3v) is 1.00. The molecule has 0 spiro atoms. The second-order valence-electron chi connectivity index (χ2n) is 2.09. The predicted octanol–water partition coefficient (Wildman–Crippen LogP) is 1.81. The minimum Gasteiger partial charge on any atom is -0.212 e. The lowest BCUT2D eigenvalue weighted by molar-refractivity contribution is -0.417. The Kier molecular flexibility index (Phi) is 3.69. The van der Waals surface area contributed by atoms with Gasteiger partial charge in [0.1, 0.15) is 13.3 Å². The van der Waals surface area contributed by atoms with Crippen molar-refractivity contribution in [2.75, 3.05) is 7.05 Å². The first kappa shape index (κ1) is 8.15. The first-order valence-electron chi connectivity index (χ1n) is 3.02. The highest BCUT2D eigenvalue weighted by Crippen LogP contribution is 1.87. The van der Waals surface area contributed by atoms with E-state index in [2.05, 4.69) is 6.58 Å². The molecule has 1 heteroatoms. The van der Waals surface area contributed by atoms with Crippen molar-refractivity contribution >= 4 is 6.21 Å². The molecule has 50 valence electrons. The van der Waals surface area contributed by atoms with E-state index in [1.54, 1.807) is 0 Å². The molecule has 0 bridgehead atoms. The standard InChI is InChI=1S/C8H14N/c1-5-9(4)7-6-8(2)3/h5-7H,2H2,1,3-4H3/q+1/b7-6-,9-5-. The Morgan fingerprint density at radius 3 is 2.44 bits per heavy atom. The molecular weight excluding hydrogens is 110 g/mol. The molecule has 0 aliphatic rings. The molecule has 0 heterocycles. The fraction of sp³-hybridized carbons (Fsp3) is 0.375. The summed E-state index contributed by atoms with van der Waals surface area (Å²) in [4.78, 5) is 0. The van der Waals surface area contributed by atoms with Crippen molar-refractivity contribution < 1.29 is 4.58 Å². The molecule has 0 aromatic heterocycles.